The molecule has 3 atom stereocenters. The molecule has 3 rings (SSSR count). The molecule has 0 saturated carbocycles. The number of hydrogen-bond acceptors (Lipinski definition) is 9. The number of hydrogen-bond donors (Lipinski definition) is 4. The van der Waals surface area contributed by atoms with E-state index < -0.39 is 42.5 Å². The zero-order valence-corrected chi connectivity index (χ0v) is 27.0. The average Bonchev–Trinajstić information content (AvgIpc) is 3.67. The minimum Gasteiger partial charge on any atom is -0.481 e. The first-order chi connectivity index (χ1) is 21.0. The normalized spacial score (nSPS) is 13.0. The van der Waals surface area contributed by atoms with E-state index >= 15 is 0 Å². The minimum atomic E-state index is -1.29. The Morgan fingerprint density at radius 2 is 1.77 bits per heavy atom. The standard InChI is InChI=1S/C30H40N6O6S2/c1-19(2)28-34-23(17-43-28)15-36(4)29(40)35-25(13-26(37)38)27(39)33-22(12-21-8-6-5-7-9-21)11-10-20(3)32-30(41)42-16-24-14-31-18-44-24/h5-9,14,17-20,22,25H,10-13,15-16H2,1-4H3,(H,32,41)(H,33,39)(H,35,40)(H,37,38)/t20-,22+,25-/m0/s1. The van der Waals surface area contributed by atoms with Crippen LogP contribution in [0.3, 0.4) is 0 Å². The summed E-state index contributed by atoms with van der Waals surface area (Å²) in [6.45, 7) is 6.26. The van der Waals surface area contributed by atoms with E-state index in [0.717, 1.165) is 15.4 Å². The molecule has 0 radical (unpaired) electrons. The topological polar surface area (TPSA) is 163 Å². The number of nitrogens with zero attached hydrogens (tertiary/aromatic N) is 3. The van der Waals surface area contributed by atoms with Crippen molar-refractivity contribution in [3.63, 3.8) is 0 Å². The van der Waals surface area contributed by atoms with Crippen molar-refractivity contribution in [2.45, 2.75) is 83.6 Å². The van der Waals surface area contributed by atoms with Gasteiger partial charge in [-0.05, 0) is 31.7 Å². The molecule has 0 spiro atoms. The third-order valence-electron chi connectivity index (χ3n) is 6.61. The van der Waals surface area contributed by atoms with Gasteiger partial charge in [0.15, 0.2) is 0 Å². The highest BCUT2D eigenvalue weighted by molar-refractivity contribution is 7.09. The highest BCUT2D eigenvalue weighted by Gasteiger charge is 2.27. The molecule has 0 aliphatic carbocycles. The van der Waals surface area contributed by atoms with E-state index in [1.807, 2.05) is 56.5 Å². The number of thiazole rings is 2. The molecule has 238 valence electrons. The summed E-state index contributed by atoms with van der Waals surface area (Å²) in [5, 5.41) is 20.6. The molecule has 0 fully saturated rings. The molecular formula is C30H40N6O6S2. The van der Waals surface area contributed by atoms with Gasteiger partial charge in [-0.15, -0.1) is 22.7 Å². The maximum atomic E-state index is 13.4. The maximum Gasteiger partial charge on any atom is 0.407 e. The van der Waals surface area contributed by atoms with Crippen molar-refractivity contribution in [1.82, 2.24) is 30.8 Å². The van der Waals surface area contributed by atoms with E-state index in [2.05, 4.69) is 25.9 Å². The summed E-state index contributed by atoms with van der Waals surface area (Å²) in [5.74, 6) is -1.55. The Labute approximate surface area is 265 Å². The maximum absolute atomic E-state index is 13.4. The third-order valence-corrected chi connectivity index (χ3v) is 8.56. The van der Waals surface area contributed by atoms with Gasteiger partial charge in [-0.3, -0.25) is 14.6 Å². The predicted octanol–water partition coefficient (Wildman–Crippen LogP) is 4.53. The van der Waals surface area contributed by atoms with Crippen LogP contribution in [-0.4, -0.2) is 69.1 Å². The number of benzene rings is 1. The lowest BCUT2D eigenvalue weighted by Crippen LogP contribution is -2.53. The Hall–Kier alpha value is -4.04. The molecule has 14 heteroatoms. The molecule has 3 aromatic rings. The predicted molar refractivity (Wildman–Crippen MR) is 168 cm³/mol. The molecular weight excluding hydrogens is 605 g/mol. The summed E-state index contributed by atoms with van der Waals surface area (Å²) in [7, 11) is 1.56. The number of carbonyl (C=O) groups is 4. The van der Waals surface area contributed by atoms with Gasteiger partial charge < -0.3 is 30.7 Å². The van der Waals surface area contributed by atoms with Crippen LogP contribution in [0.2, 0.25) is 0 Å². The van der Waals surface area contributed by atoms with Crippen molar-refractivity contribution < 1.29 is 29.0 Å². The molecule has 0 aliphatic heterocycles. The number of aromatic nitrogens is 2. The molecule has 1 aromatic carbocycles. The van der Waals surface area contributed by atoms with Gasteiger partial charge in [-0.1, -0.05) is 44.2 Å². The number of nitrogens with one attached hydrogen (secondary N) is 3. The number of aliphatic carboxylic acids is 1. The Morgan fingerprint density at radius 1 is 1.02 bits per heavy atom. The van der Waals surface area contributed by atoms with Crippen LogP contribution in [0.4, 0.5) is 9.59 Å². The Kier molecular flexibility index (Phi) is 13.5. The summed E-state index contributed by atoms with van der Waals surface area (Å²) >= 11 is 2.91. The monoisotopic (exact) mass is 644 g/mol. The Morgan fingerprint density at radius 3 is 2.41 bits per heavy atom. The number of amides is 4. The summed E-state index contributed by atoms with van der Waals surface area (Å²) in [6.07, 6.45) is 1.97. The first-order valence-corrected chi connectivity index (χ1v) is 16.1. The van der Waals surface area contributed by atoms with Gasteiger partial charge >= 0.3 is 18.1 Å². The first-order valence-electron chi connectivity index (χ1n) is 14.3. The van der Waals surface area contributed by atoms with Crippen molar-refractivity contribution in [3.05, 3.63) is 68.6 Å². The fourth-order valence-corrected chi connectivity index (χ4v) is 5.59. The van der Waals surface area contributed by atoms with Crippen LogP contribution in [0.5, 0.6) is 0 Å². The molecule has 4 amide bonds. The average molecular weight is 645 g/mol. The van der Waals surface area contributed by atoms with Crippen LogP contribution in [0.15, 0.2) is 47.4 Å². The third kappa shape index (κ3) is 11.9. The molecule has 0 saturated heterocycles. The molecule has 12 nitrogen and oxygen atoms in total. The quantitative estimate of drug-likeness (QED) is 0.177. The second-order valence-corrected chi connectivity index (χ2v) is 12.7. The second-order valence-electron chi connectivity index (χ2n) is 10.8. The summed E-state index contributed by atoms with van der Waals surface area (Å²) in [4.78, 5) is 60.9. The smallest absolute Gasteiger partial charge is 0.407 e. The van der Waals surface area contributed by atoms with Gasteiger partial charge in [0.2, 0.25) is 5.91 Å². The SMILES string of the molecule is CC(C)c1nc(CN(C)C(=O)N[C@@H](CC(=O)O)C(=O)N[C@H](CC[C@H](C)NC(=O)OCc2cncs2)Cc2ccccc2)cs1. The van der Waals surface area contributed by atoms with Crippen molar-refractivity contribution in [3.8, 4) is 0 Å². The molecule has 0 aliphatic rings. The fourth-order valence-electron chi connectivity index (χ4n) is 4.26. The highest BCUT2D eigenvalue weighted by atomic mass is 32.1. The minimum absolute atomic E-state index is 0.130. The lowest BCUT2D eigenvalue weighted by atomic mass is 9.99. The van der Waals surface area contributed by atoms with Crippen LogP contribution in [0.1, 0.15) is 67.1 Å². The number of urea groups is 1. The van der Waals surface area contributed by atoms with Crippen LogP contribution in [-0.2, 0) is 33.9 Å². The van der Waals surface area contributed by atoms with E-state index in [-0.39, 0.29) is 25.1 Å². The molecule has 2 aromatic heterocycles. The van der Waals surface area contributed by atoms with Crippen molar-refractivity contribution in [2.75, 3.05) is 7.05 Å². The van der Waals surface area contributed by atoms with Crippen LogP contribution >= 0.6 is 22.7 Å². The molecule has 0 unspecified atom stereocenters. The van der Waals surface area contributed by atoms with E-state index in [9.17, 15) is 24.3 Å². The van der Waals surface area contributed by atoms with Gasteiger partial charge in [-0.2, -0.15) is 0 Å². The van der Waals surface area contributed by atoms with Gasteiger partial charge in [0.05, 0.1) is 34.1 Å². The van der Waals surface area contributed by atoms with Gasteiger partial charge in [0, 0.05) is 36.6 Å². The summed E-state index contributed by atoms with van der Waals surface area (Å²) in [6, 6.07) is 7.03. The van der Waals surface area contributed by atoms with Gasteiger partial charge in [0.1, 0.15) is 12.6 Å². The van der Waals surface area contributed by atoms with E-state index in [0.29, 0.717) is 25.0 Å². The lowest BCUT2D eigenvalue weighted by molar-refractivity contribution is -0.140. The Balaban J connectivity index is 1.60. The number of alkyl carbamates (subject to hydrolysis) is 1. The number of ether oxygens (including phenoxy) is 1. The molecule has 4 N–H and O–H groups in total. The van der Waals surface area contributed by atoms with E-state index in [1.54, 1.807) is 18.8 Å². The van der Waals surface area contributed by atoms with Gasteiger partial charge in [-0.25, -0.2) is 14.6 Å². The highest BCUT2D eigenvalue weighted by Crippen LogP contribution is 2.20. The van der Waals surface area contributed by atoms with E-state index in [4.69, 9.17) is 4.74 Å². The van der Waals surface area contributed by atoms with Crippen molar-refractivity contribution in [2.24, 2.45) is 0 Å². The molecule has 44 heavy (non-hydrogen) atoms. The number of carbonyl (C=O) groups excluding carboxylic acids is 3. The summed E-state index contributed by atoms with van der Waals surface area (Å²) < 4.78 is 5.25. The molecule has 0 bridgehead atoms. The van der Waals surface area contributed by atoms with Crippen molar-refractivity contribution in [1.29, 1.82) is 0 Å². The number of carboxylic acids is 1. The fraction of sp³-hybridized carbons (Fsp3) is 0.467. The lowest BCUT2D eigenvalue weighted by Gasteiger charge is -2.26. The van der Waals surface area contributed by atoms with E-state index in [1.165, 1.54) is 27.6 Å². The second kappa shape index (κ2) is 17.3. The van der Waals surface area contributed by atoms with Crippen LogP contribution < -0.4 is 16.0 Å². The molecule has 2 heterocycles. The number of carboxylic acid groups (broad SMARTS) is 1. The first kappa shape index (κ1) is 34.5. The summed E-state index contributed by atoms with van der Waals surface area (Å²) in [5.41, 5.74) is 3.36. The number of rotatable bonds is 16. The van der Waals surface area contributed by atoms with Crippen LogP contribution in [0, 0.1) is 0 Å². The van der Waals surface area contributed by atoms with Gasteiger partial charge in [0.25, 0.3) is 0 Å². The zero-order valence-electron chi connectivity index (χ0n) is 25.3. The zero-order chi connectivity index (χ0) is 32.1. The Bertz CT molecular complexity index is 1350. The largest absolute Gasteiger partial charge is 0.481 e. The van der Waals surface area contributed by atoms with Crippen molar-refractivity contribution >= 4 is 46.7 Å². The van der Waals surface area contributed by atoms with Crippen LogP contribution in [0.25, 0.3) is 0 Å².